The average molecular weight is 253 g/mol. The predicted molar refractivity (Wildman–Crippen MR) is 74.0 cm³/mol. The Kier molecular flexibility index (Phi) is 6.38. The third-order valence-electron chi connectivity index (χ3n) is 2.34. The lowest BCUT2D eigenvalue weighted by atomic mass is 10.4. The number of aliphatic hydroxyl groups is 1. The molecule has 6 nitrogen and oxygen atoms in total. The predicted octanol–water partition coefficient (Wildman–Crippen LogP) is 0.553. The number of nitrogens with zero attached hydrogens (tertiary/aromatic N) is 3. The second-order valence-corrected chi connectivity index (χ2v) is 4.42. The summed E-state index contributed by atoms with van der Waals surface area (Å²) in [5, 5.41) is 15.1. The molecule has 1 rings (SSSR count). The van der Waals surface area contributed by atoms with E-state index in [2.05, 4.69) is 39.6 Å². The van der Waals surface area contributed by atoms with E-state index in [9.17, 15) is 0 Å². The lowest BCUT2D eigenvalue weighted by Gasteiger charge is -2.11. The summed E-state index contributed by atoms with van der Waals surface area (Å²) in [5.41, 5.74) is 0. The molecule has 0 amide bonds. The first-order valence-corrected chi connectivity index (χ1v) is 6.21. The first-order valence-electron chi connectivity index (χ1n) is 6.21. The summed E-state index contributed by atoms with van der Waals surface area (Å²) in [6, 6.07) is 1.86. The molecule has 0 bridgehead atoms. The zero-order valence-electron chi connectivity index (χ0n) is 11.4. The van der Waals surface area contributed by atoms with Crippen LogP contribution >= 0.6 is 0 Å². The standard InChI is InChI=1S/C12H23N5O/c1-10-15-11(13-5-4-7-17(2)3)9-12(16-10)14-6-8-18/h9,18H,4-8H2,1-3H3,(H2,13,14,15,16). The second-order valence-electron chi connectivity index (χ2n) is 4.42. The van der Waals surface area contributed by atoms with Gasteiger partial charge in [-0.25, -0.2) is 9.97 Å². The summed E-state index contributed by atoms with van der Waals surface area (Å²) >= 11 is 0. The molecule has 0 spiro atoms. The monoisotopic (exact) mass is 253 g/mol. The molecule has 18 heavy (non-hydrogen) atoms. The fraction of sp³-hybridized carbons (Fsp3) is 0.667. The minimum absolute atomic E-state index is 0.0919. The van der Waals surface area contributed by atoms with Gasteiger partial charge in [-0.05, 0) is 34.0 Å². The Morgan fingerprint density at radius 3 is 2.33 bits per heavy atom. The average Bonchev–Trinajstić information content (AvgIpc) is 2.31. The lowest BCUT2D eigenvalue weighted by molar-refractivity contribution is 0.311. The van der Waals surface area contributed by atoms with Crippen molar-refractivity contribution in [2.75, 3.05) is 51.0 Å². The molecule has 1 heterocycles. The van der Waals surface area contributed by atoms with Gasteiger partial charge in [-0.2, -0.15) is 0 Å². The maximum absolute atomic E-state index is 8.77. The largest absolute Gasteiger partial charge is 0.395 e. The van der Waals surface area contributed by atoms with E-state index in [0.717, 1.165) is 31.1 Å². The van der Waals surface area contributed by atoms with Crippen LogP contribution in [0.15, 0.2) is 6.07 Å². The van der Waals surface area contributed by atoms with Gasteiger partial charge in [0.2, 0.25) is 0 Å². The number of hydrogen-bond donors (Lipinski definition) is 3. The normalized spacial score (nSPS) is 10.7. The molecule has 0 aliphatic carbocycles. The van der Waals surface area contributed by atoms with Crippen LogP contribution in [0.1, 0.15) is 12.2 Å². The molecule has 102 valence electrons. The fourth-order valence-electron chi connectivity index (χ4n) is 1.54. The highest BCUT2D eigenvalue weighted by Gasteiger charge is 2.01. The molecular formula is C12H23N5O. The van der Waals surface area contributed by atoms with Crippen LogP contribution in [0.5, 0.6) is 0 Å². The van der Waals surface area contributed by atoms with Gasteiger partial charge in [0.05, 0.1) is 6.61 Å². The summed E-state index contributed by atoms with van der Waals surface area (Å²) in [4.78, 5) is 10.7. The lowest BCUT2D eigenvalue weighted by Crippen LogP contribution is -2.17. The topological polar surface area (TPSA) is 73.3 Å². The van der Waals surface area contributed by atoms with Gasteiger partial charge < -0.3 is 20.6 Å². The van der Waals surface area contributed by atoms with Gasteiger partial charge in [-0.3, -0.25) is 0 Å². The van der Waals surface area contributed by atoms with Crippen LogP contribution in [-0.4, -0.2) is 60.3 Å². The van der Waals surface area contributed by atoms with E-state index in [4.69, 9.17) is 5.11 Å². The highest BCUT2D eigenvalue weighted by molar-refractivity contribution is 5.47. The summed E-state index contributed by atoms with van der Waals surface area (Å²) in [6.07, 6.45) is 1.06. The van der Waals surface area contributed by atoms with E-state index in [1.54, 1.807) is 0 Å². The van der Waals surface area contributed by atoms with Crippen molar-refractivity contribution >= 4 is 11.6 Å². The van der Waals surface area contributed by atoms with Crippen LogP contribution < -0.4 is 10.6 Å². The minimum atomic E-state index is 0.0919. The van der Waals surface area contributed by atoms with Crippen molar-refractivity contribution in [2.24, 2.45) is 0 Å². The number of aryl methyl sites for hydroxylation is 1. The SMILES string of the molecule is Cc1nc(NCCO)cc(NCCCN(C)C)n1. The number of rotatable bonds is 8. The van der Waals surface area contributed by atoms with Gasteiger partial charge in [0.1, 0.15) is 17.5 Å². The molecule has 3 N–H and O–H groups in total. The molecule has 0 atom stereocenters. The Morgan fingerprint density at radius 2 is 1.78 bits per heavy atom. The van der Waals surface area contributed by atoms with E-state index < -0.39 is 0 Å². The molecule has 1 aromatic heterocycles. The molecule has 0 saturated heterocycles. The molecule has 0 aromatic carbocycles. The van der Waals surface area contributed by atoms with Gasteiger partial charge >= 0.3 is 0 Å². The molecule has 0 unspecified atom stereocenters. The van der Waals surface area contributed by atoms with Gasteiger partial charge in [-0.1, -0.05) is 0 Å². The van der Waals surface area contributed by atoms with Crippen LogP contribution in [0, 0.1) is 6.92 Å². The Labute approximate surface area is 108 Å². The van der Waals surface area contributed by atoms with Crippen molar-refractivity contribution in [1.82, 2.24) is 14.9 Å². The van der Waals surface area contributed by atoms with Crippen LogP contribution in [0.4, 0.5) is 11.6 Å². The Balaban J connectivity index is 2.46. The fourth-order valence-corrected chi connectivity index (χ4v) is 1.54. The van der Waals surface area contributed by atoms with Crippen molar-refractivity contribution in [1.29, 1.82) is 0 Å². The first-order chi connectivity index (χ1) is 8.61. The van der Waals surface area contributed by atoms with E-state index in [1.807, 2.05) is 13.0 Å². The van der Waals surface area contributed by atoms with Gasteiger partial charge in [0, 0.05) is 19.2 Å². The minimum Gasteiger partial charge on any atom is -0.395 e. The van der Waals surface area contributed by atoms with Crippen molar-refractivity contribution in [3.63, 3.8) is 0 Å². The van der Waals surface area contributed by atoms with Crippen LogP contribution in [0.3, 0.4) is 0 Å². The van der Waals surface area contributed by atoms with Crippen molar-refractivity contribution in [3.8, 4) is 0 Å². The highest BCUT2D eigenvalue weighted by Crippen LogP contribution is 2.10. The summed E-state index contributed by atoms with van der Waals surface area (Å²) in [5.74, 6) is 2.28. The van der Waals surface area contributed by atoms with Gasteiger partial charge in [0.25, 0.3) is 0 Å². The van der Waals surface area contributed by atoms with Crippen LogP contribution in [-0.2, 0) is 0 Å². The molecule has 1 aromatic rings. The van der Waals surface area contributed by atoms with E-state index in [-0.39, 0.29) is 6.61 Å². The number of anilines is 2. The third-order valence-corrected chi connectivity index (χ3v) is 2.34. The maximum Gasteiger partial charge on any atom is 0.131 e. The van der Waals surface area contributed by atoms with E-state index in [1.165, 1.54) is 0 Å². The number of aromatic nitrogens is 2. The first kappa shape index (κ1) is 14.7. The molecular weight excluding hydrogens is 230 g/mol. The molecule has 0 saturated carbocycles. The second kappa shape index (κ2) is 7.84. The van der Waals surface area contributed by atoms with E-state index >= 15 is 0 Å². The number of nitrogens with one attached hydrogen (secondary N) is 2. The molecule has 0 aliphatic rings. The Hall–Kier alpha value is -1.40. The molecule has 0 radical (unpaired) electrons. The van der Waals surface area contributed by atoms with E-state index in [0.29, 0.717) is 12.4 Å². The third kappa shape index (κ3) is 5.79. The Morgan fingerprint density at radius 1 is 1.17 bits per heavy atom. The van der Waals surface area contributed by atoms with Crippen molar-refractivity contribution in [2.45, 2.75) is 13.3 Å². The summed E-state index contributed by atoms with van der Waals surface area (Å²) in [6.45, 7) is 4.38. The zero-order chi connectivity index (χ0) is 13.4. The number of aliphatic hydroxyl groups excluding tert-OH is 1. The van der Waals surface area contributed by atoms with Crippen molar-refractivity contribution in [3.05, 3.63) is 11.9 Å². The maximum atomic E-state index is 8.77. The highest BCUT2D eigenvalue weighted by atomic mass is 16.3. The van der Waals surface area contributed by atoms with Crippen molar-refractivity contribution < 1.29 is 5.11 Å². The summed E-state index contributed by atoms with van der Waals surface area (Å²) < 4.78 is 0. The van der Waals surface area contributed by atoms with Gasteiger partial charge in [0.15, 0.2) is 0 Å². The molecule has 6 heteroatoms. The zero-order valence-corrected chi connectivity index (χ0v) is 11.4. The quantitative estimate of drug-likeness (QED) is 0.588. The number of hydrogen-bond acceptors (Lipinski definition) is 6. The molecule has 0 fully saturated rings. The van der Waals surface area contributed by atoms with Crippen LogP contribution in [0.2, 0.25) is 0 Å². The molecule has 0 aliphatic heterocycles. The van der Waals surface area contributed by atoms with Crippen LogP contribution in [0.25, 0.3) is 0 Å². The Bertz CT molecular complexity index is 356. The van der Waals surface area contributed by atoms with Gasteiger partial charge in [-0.15, -0.1) is 0 Å². The summed E-state index contributed by atoms with van der Waals surface area (Å²) in [7, 11) is 4.12. The smallest absolute Gasteiger partial charge is 0.131 e.